The molecule has 1 aliphatic carbocycles. The molecule has 2 aromatic rings. The van der Waals surface area contributed by atoms with E-state index in [4.69, 9.17) is 21.5 Å². The van der Waals surface area contributed by atoms with Gasteiger partial charge in [-0.05, 0) is 36.8 Å². The van der Waals surface area contributed by atoms with Crippen LogP contribution in [0.4, 0.5) is 25.1 Å². The van der Waals surface area contributed by atoms with Crippen LogP contribution in [0.5, 0.6) is 5.75 Å². The van der Waals surface area contributed by atoms with Crippen molar-refractivity contribution < 1.29 is 28.2 Å². The molecule has 0 unspecified atom stereocenters. The number of carbonyl (C=O) groups is 2. The molecule has 0 aliphatic heterocycles. The van der Waals surface area contributed by atoms with Gasteiger partial charge in [0, 0.05) is 30.9 Å². The number of aromatic nitrogens is 1. The number of aliphatic carboxylic acids is 1. The van der Waals surface area contributed by atoms with Gasteiger partial charge in [0.15, 0.2) is 11.6 Å². The number of urea groups is 1. The second-order valence-electron chi connectivity index (χ2n) is 7.50. The molecule has 3 rings (SSSR count). The summed E-state index contributed by atoms with van der Waals surface area (Å²) in [6, 6.07) is 8.52. The summed E-state index contributed by atoms with van der Waals surface area (Å²) in [5.74, 6) is -0.986. The molecule has 32 heavy (non-hydrogen) atoms. The second kappa shape index (κ2) is 11.6. The molecule has 1 fully saturated rings. The molecule has 0 saturated heterocycles. The molecule has 1 aliphatic rings. The molecule has 1 aromatic carbocycles. The number of nitrogens with zero attached hydrogens (tertiary/aromatic N) is 2. The molecule has 0 spiro atoms. The van der Waals surface area contributed by atoms with E-state index in [2.05, 4.69) is 28.9 Å². The topological polar surface area (TPSA) is 91.8 Å². The summed E-state index contributed by atoms with van der Waals surface area (Å²) < 4.78 is 29.9. The zero-order chi connectivity index (χ0) is 23.8. The van der Waals surface area contributed by atoms with E-state index < -0.39 is 18.6 Å². The van der Waals surface area contributed by atoms with E-state index in [9.17, 15) is 13.6 Å². The van der Waals surface area contributed by atoms with Crippen molar-refractivity contribution in [1.29, 1.82) is 0 Å². The van der Waals surface area contributed by atoms with Gasteiger partial charge >= 0.3 is 12.6 Å². The first-order valence-corrected chi connectivity index (χ1v) is 10.5. The zero-order valence-electron chi connectivity index (χ0n) is 18.0. The van der Waals surface area contributed by atoms with Crippen LogP contribution < -0.4 is 15.0 Å². The summed E-state index contributed by atoms with van der Waals surface area (Å²) in [6.07, 6.45) is 4.07. The highest BCUT2D eigenvalue weighted by Gasteiger charge is 2.32. The lowest BCUT2D eigenvalue weighted by Gasteiger charge is -2.38. The van der Waals surface area contributed by atoms with Crippen molar-refractivity contribution >= 4 is 35.1 Å². The standard InChI is InChI=1S/C20H22ClF2N3O2.C2H4O2/c1-12(2)15-8-3-4-9-16(15)26(14-6-5-7-14)20(27)25-18-17(28-19(22)23)10-13(21)11-24-18;1-2(3)4/h3-4,8-12,14,19H,5-7H2,1-2H3,(H,24,25,27);1H3,(H,3,4). The van der Waals surface area contributed by atoms with Gasteiger partial charge in [0.05, 0.1) is 5.02 Å². The Balaban J connectivity index is 0.000000837. The molecule has 0 radical (unpaired) electrons. The summed E-state index contributed by atoms with van der Waals surface area (Å²) in [5, 5.41) is 10.2. The average molecular weight is 470 g/mol. The first-order valence-electron chi connectivity index (χ1n) is 10.1. The van der Waals surface area contributed by atoms with Crippen molar-refractivity contribution in [1.82, 2.24) is 4.98 Å². The van der Waals surface area contributed by atoms with E-state index in [0.29, 0.717) is 0 Å². The molecule has 10 heteroatoms. The van der Waals surface area contributed by atoms with Gasteiger partial charge < -0.3 is 9.84 Å². The van der Waals surface area contributed by atoms with Crippen LogP contribution in [0.3, 0.4) is 0 Å². The van der Waals surface area contributed by atoms with Crippen molar-refractivity contribution in [3.8, 4) is 5.75 Å². The van der Waals surface area contributed by atoms with Gasteiger partial charge in [-0.25, -0.2) is 9.78 Å². The first-order chi connectivity index (χ1) is 15.1. The number of ether oxygens (including phenoxy) is 1. The molecule has 1 heterocycles. The Bertz CT molecular complexity index is 935. The third-order valence-corrected chi connectivity index (χ3v) is 4.94. The van der Waals surface area contributed by atoms with Crippen LogP contribution in [0.2, 0.25) is 5.02 Å². The molecule has 7 nitrogen and oxygen atoms in total. The predicted octanol–water partition coefficient (Wildman–Crippen LogP) is 6.14. The van der Waals surface area contributed by atoms with Crippen molar-refractivity contribution in [2.24, 2.45) is 0 Å². The summed E-state index contributed by atoms with van der Waals surface area (Å²) in [4.78, 5) is 27.8. The number of anilines is 2. The predicted molar refractivity (Wildman–Crippen MR) is 119 cm³/mol. The van der Waals surface area contributed by atoms with E-state index in [1.165, 1.54) is 12.3 Å². The van der Waals surface area contributed by atoms with Gasteiger partial charge in [-0.1, -0.05) is 43.6 Å². The van der Waals surface area contributed by atoms with Crippen LogP contribution in [0, 0.1) is 0 Å². The number of pyridine rings is 1. The van der Waals surface area contributed by atoms with E-state index in [-0.39, 0.29) is 28.5 Å². The Hall–Kier alpha value is -2.94. The van der Waals surface area contributed by atoms with Crippen LogP contribution in [-0.2, 0) is 4.79 Å². The summed E-state index contributed by atoms with van der Waals surface area (Å²) in [7, 11) is 0. The summed E-state index contributed by atoms with van der Waals surface area (Å²) in [6.45, 7) is 2.15. The Morgan fingerprint density at radius 3 is 2.44 bits per heavy atom. The van der Waals surface area contributed by atoms with Crippen molar-refractivity contribution in [2.75, 3.05) is 10.2 Å². The Morgan fingerprint density at radius 2 is 1.91 bits per heavy atom. The number of alkyl halides is 2. The third-order valence-electron chi connectivity index (χ3n) is 4.74. The van der Waals surface area contributed by atoms with Gasteiger partial charge in [0.1, 0.15) is 0 Å². The minimum atomic E-state index is -3.06. The molecule has 1 saturated carbocycles. The number of hydrogen-bond acceptors (Lipinski definition) is 4. The van der Waals surface area contributed by atoms with Gasteiger partial charge in [-0.2, -0.15) is 8.78 Å². The SMILES string of the molecule is CC(=O)O.CC(C)c1ccccc1N(C(=O)Nc1ncc(Cl)cc1OC(F)F)C1CCC1. The number of carboxylic acids is 1. The van der Waals surface area contributed by atoms with Crippen LogP contribution in [-0.4, -0.2) is 34.7 Å². The maximum Gasteiger partial charge on any atom is 0.387 e. The first kappa shape index (κ1) is 25.3. The monoisotopic (exact) mass is 469 g/mol. The van der Waals surface area contributed by atoms with E-state index >= 15 is 0 Å². The highest BCUT2D eigenvalue weighted by atomic mass is 35.5. The van der Waals surface area contributed by atoms with Crippen LogP contribution in [0.25, 0.3) is 0 Å². The lowest BCUT2D eigenvalue weighted by atomic mass is 9.90. The Morgan fingerprint density at radius 1 is 1.28 bits per heavy atom. The number of amides is 2. The fourth-order valence-electron chi connectivity index (χ4n) is 3.17. The number of rotatable bonds is 6. The van der Waals surface area contributed by atoms with Crippen molar-refractivity contribution in [3.63, 3.8) is 0 Å². The van der Waals surface area contributed by atoms with Crippen LogP contribution >= 0.6 is 11.6 Å². The van der Waals surface area contributed by atoms with Gasteiger partial charge in [-0.3, -0.25) is 15.0 Å². The molecular weight excluding hydrogens is 444 g/mol. The minimum Gasteiger partial charge on any atom is -0.481 e. The maximum absolute atomic E-state index is 13.1. The number of hydrogen-bond donors (Lipinski definition) is 2. The molecule has 0 bridgehead atoms. The fourth-order valence-corrected chi connectivity index (χ4v) is 3.32. The summed E-state index contributed by atoms with van der Waals surface area (Å²) in [5.41, 5.74) is 1.85. The number of para-hydroxylation sites is 1. The molecule has 1 aromatic heterocycles. The summed E-state index contributed by atoms with van der Waals surface area (Å²) >= 11 is 5.82. The number of benzene rings is 1. The molecule has 0 atom stereocenters. The minimum absolute atomic E-state index is 0.0478. The van der Waals surface area contributed by atoms with E-state index in [1.54, 1.807) is 4.90 Å². The van der Waals surface area contributed by atoms with Gasteiger partial charge in [0.25, 0.3) is 5.97 Å². The number of halogens is 3. The van der Waals surface area contributed by atoms with Gasteiger partial charge in [-0.15, -0.1) is 0 Å². The molecule has 174 valence electrons. The number of nitrogens with one attached hydrogen (secondary N) is 1. The normalized spacial score (nSPS) is 13.1. The Labute approximate surface area is 190 Å². The van der Waals surface area contributed by atoms with Gasteiger partial charge in [0.2, 0.25) is 0 Å². The van der Waals surface area contributed by atoms with Crippen LogP contribution in [0.15, 0.2) is 36.5 Å². The zero-order valence-corrected chi connectivity index (χ0v) is 18.8. The van der Waals surface area contributed by atoms with E-state index in [0.717, 1.165) is 37.4 Å². The van der Waals surface area contributed by atoms with Crippen molar-refractivity contribution in [2.45, 2.75) is 58.6 Å². The lowest BCUT2D eigenvalue weighted by Crippen LogP contribution is -2.47. The van der Waals surface area contributed by atoms with Crippen LogP contribution in [0.1, 0.15) is 51.5 Å². The fraction of sp³-hybridized carbons (Fsp3) is 0.409. The third kappa shape index (κ3) is 7.05. The second-order valence-corrected chi connectivity index (χ2v) is 7.93. The number of carboxylic acid groups (broad SMARTS) is 1. The smallest absolute Gasteiger partial charge is 0.387 e. The highest BCUT2D eigenvalue weighted by Crippen LogP contribution is 2.36. The molecule has 2 N–H and O–H groups in total. The maximum atomic E-state index is 13.1. The number of carbonyl (C=O) groups excluding carboxylic acids is 1. The average Bonchev–Trinajstić information content (AvgIpc) is 2.65. The van der Waals surface area contributed by atoms with E-state index in [1.807, 2.05) is 24.3 Å². The highest BCUT2D eigenvalue weighted by molar-refractivity contribution is 6.30. The largest absolute Gasteiger partial charge is 0.481 e. The quantitative estimate of drug-likeness (QED) is 0.530. The molecular formula is C22H26ClF2N3O4. The molecule has 2 amide bonds. The lowest BCUT2D eigenvalue weighted by molar-refractivity contribution is -0.134. The Kier molecular flexibility index (Phi) is 9.19. The van der Waals surface area contributed by atoms with Crippen molar-refractivity contribution in [3.05, 3.63) is 47.1 Å².